The van der Waals surface area contributed by atoms with Crippen molar-refractivity contribution in [2.75, 3.05) is 37.7 Å². The molecule has 3 amide bonds. The number of benzene rings is 2. The van der Waals surface area contributed by atoms with E-state index in [1.54, 1.807) is 34.1 Å². The number of carbonyl (C=O) groups is 3. The van der Waals surface area contributed by atoms with Gasteiger partial charge in [0.15, 0.2) is 0 Å². The molecule has 2 aromatic carbocycles. The highest BCUT2D eigenvalue weighted by atomic mass is 35.5. The molecule has 1 N–H and O–H groups in total. The predicted octanol–water partition coefficient (Wildman–Crippen LogP) is 3.54. The number of nitrogens with one attached hydrogen (secondary N) is 1. The largest absolute Gasteiger partial charge is 0.355 e. The van der Waals surface area contributed by atoms with E-state index in [0.29, 0.717) is 49.7 Å². The van der Waals surface area contributed by atoms with E-state index in [0.717, 1.165) is 18.5 Å². The van der Waals surface area contributed by atoms with Gasteiger partial charge in [-0.25, -0.2) is 0 Å². The smallest absolute Gasteiger partial charge is 0.255 e. The Labute approximate surface area is 205 Å². The fourth-order valence-electron chi connectivity index (χ4n) is 4.84. The quantitative estimate of drug-likeness (QED) is 0.613. The number of likely N-dealkylation sites (tertiary alicyclic amines) is 1. The summed E-state index contributed by atoms with van der Waals surface area (Å²) in [7, 11) is 0. The van der Waals surface area contributed by atoms with Crippen molar-refractivity contribution in [3.63, 3.8) is 0 Å². The number of carbonyl (C=O) groups excluding carboxylic acids is 3. The van der Waals surface area contributed by atoms with Gasteiger partial charge in [-0.1, -0.05) is 55.3 Å². The number of hydrogen-bond donors (Lipinski definition) is 1. The van der Waals surface area contributed by atoms with Gasteiger partial charge in [0.2, 0.25) is 5.91 Å². The van der Waals surface area contributed by atoms with Crippen LogP contribution < -0.4 is 10.2 Å². The minimum Gasteiger partial charge on any atom is -0.355 e. The monoisotopic (exact) mass is 482 g/mol. The number of nitrogens with zero attached hydrogens (tertiary/aromatic N) is 3. The number of halogens is 1. The van der Waals surface area contributed by atoms with Gasteiger partial charge in [0.25, 0.3) is 11.8 Å². The van der Waals surface area contributed by atoms with Crippen molar-refractivity contribution in [3.8, 4) is 0 Å². The van der Waals surface area contributed by atoms with E-state index in [1.165, 1.54) is 0 Å². The molecule has 4 rings (SSSR count). The van der Waals surface area contributed by atoms with E-state index in [1.807, 2.05) is 30.3 Å². The van der Waals surface area contributed by atoms with Crippen molar-refractivity contribution in [1.29, 1.82) is 0 Å². The first-order valence-corrected chi connectivity index (χ1v) is 12.3. The zero-order valence-electron chi connectivity index (χ0n) is 19.5. The molecule has 0 unspecified atom stereocenters. The van der Waals surface area contributed by atoms with Gasteiger partial charge in [-0.2, -0.15) is 0 Å². The molecule has 8 heteroatoms. The Kier molecular flexibility index (Phi) is 7.41. The Morgan fingerprint density at radius 2 is 1.71 bits per heavy atom. The molecule has 2 saturated heterocycles. The van der Waals surface area contributed by atoms with E-state index in [2.05, 4.69) is 17.1 Å². The van der Waals surface area contributed by atoms with Crippen LogP contribution in [0.5, 0.6) is 0 Å². The second kappa shape index (κ2) is 10.5. The normalized spacial score (nSPS) is 17.4. The lowest BCUT2D eigenvalue weighted by Gasteiger charge is -2.43. The van der Waals surface area contributed by atoms with Crippen LogP contribution in [0.4, 0.5) is 5.69 Å². The van der Waals surface area contributed by atoms with Gasteiger partial charge in [0.05, 0.1) is 17.3 Å². The number of unbranched alkanes of at least 4 members (excludes halogenated alkanes) is 1. The molecule has 180 valence electrons. The van der Waals surface area contributed by atoms with Crippen molar-refractivity contribution in [2.45, 2.75) is 38.1 Å². The van der Waals surface area contributed by atoms with Crippen molar-refractivity contribution in [3.05, 3.63) is 65.2 Å². The zero-order valence-corrected chi connectivity index (χ0v) is 20.3. The average molecular weight is 483 g/mol. The molecule has 2 fully saturated rings. The number of amides is 3. The van der Waals surface area contributed by atoms with Gasteiger partial charge in [0.1, 0.15) is 12.1 Å². The summed E-state index contributed by atoms with van der Waals surface area (Å²) in [5.74, 6) is -0.311. The van der Waals surface area contributed by atoms with Crippen LogP contribution in [0, 0.1) is 0 Å². The van der Waals surface area contributed by atoms with Crippen molar-refractivity contribution in [1.82, 2.24) is 15.1 Å². The number of para-hydroxylation sites is 1. The van der Waals surface area contributed by atoms with Crippen LogP contribution in [0.15, 0.2) is 54.6 Å². The van der Waals surface area contributed by atoms with Crippen molar-refractivity contribution < 1.29 is 14.4 Å². The van der Waals surface area contributed by atoms with Crippen LogP contribution in [0.1, 0.15) is 43.0 Å². The fourth-order valence-corrected chi connectivity index (χ4v) is 5.06. The third-order valence-corrected chi connectivity index (χ3v) is 7.08. The molecule has 2 aliphatic rings. The molecule has 0 radical (unpaired) electrons. The van der Waals surface area contributed by atoms with Gasteiger partial charge in [-0.3, -0.25) is 14.4 Å². The number of hydrogen-bond acceptors (Lipinski definition) is 4. The first-order chi connectivity index (χ1) is 16.5. The van der Waals surface area contributed by atoms with E-state index in [-0.39, 0.29) is 24.3 Å². The molecule has 2 aliphatic heterocycles. The highest BCUT2D eigenvalue weighted by molar-refractivity contribution is 6.33. The molecule has 0 aliphatic carbocycles. The van der Waals surface area contributed by atoms with Crippen LogP contribution >= 0.6 is 11.6 Å². The summed E-state index contributed by atoms with van der Waals surface area (Å²) >= 11 is 6.24. The summed E-state index contributed by atoms with van der Waals surface area (Å²) < 4.78 is 0. The standard InChI is InChI=1S/C26H31ClN4O3/c1-2-3-15-28-23(32)18-30-19-31(20-9-5-4-6-10-20)26(25(30)34)13-16-29(17-14-26)24(33)21-11-7-8-12-22(21)27/h4-12H,2-3,13-19H2,1H3,(H,28,32). The van der Waals surface area contributed by atoms with Crippen LogP contribution in [-0.4, -0.2) is 65.9 Å². The Morgan fingerprint density at radius 1 is 1.03 bits per heavy atom. The van der Waals surface area contributed by atoms with E-state index >= 15 is 0 Å². The average Bonchev–Trinajstić information content (AvgIpc) is 3.11. The van der Waals surface area contributed by atoms with Gasteiger partial charge in [-0.05, 0) is 43.5 Å². The number of rotatable bonds is 7. The number of anilines is 1. The second-order valence-electron chi connectivity index (χ2n) is 8.92. The molecule has 0 aromatic heterocycles. The third-order valence-electron chi connectivity index (χ3n) is 6.75. The lowest BCUT2D eigenvalue weighted by atomic mass is 9.85. The second-order valence-corrected chi connectivity index (χ2v) is 9.32. The van der Waals surface area contributed by atoms with Crippen LogP contribution in [0.2, 0.25) is 5.02 Å². The Morgan fingerprint density at radius 3 is 2.38 bits per heavy atom. The summed E-state index contributed by atoms with van der Waals surface area (Å²) in [6, 6.07) is 16.8. The van der Waals surface area contributed by atoms with Crippen LogP contribution in [-0.2, 0) is 9.59 Å². The Balaban J connectivity index is 1.52. The van der Waals surface area contributed by atoms with Crippen LogP contribution in [0.25, 0.3) is 0 Å². The van der Waals surface area contributed by atoms with Gasteiger partial charge < -0.3 is 20.0 Å². The lowest BCUT2D eigenvalue weighted by Crippen LogP contribution is -2.57. The lowest BCUT2D eigenvalue weighted by molar-refractivity contribution is -0.137. The molecular weight excluding hydrogens is 452 g/mol. The molecule has 7 nitrogen and oxygen atoms in total. The first kappa shape index (κ1) is 24.1. The fraction of sp³-hybridized carbons (Fsp3) is 0.423. The molecular formula is C26H31ClN4O3. The van der Waals surface area contributed by atoms with E-state index in [9.17, 15) is 14.4 Å². The summed E-state index contributed by atoms with van der Waals surface area (Å²) in [4.78, 5) is 44.8. The summed E-state index contributed by atoms with van der Waals surface area (Å²) in [6.07, 6.45) is 2.89. The SMILES string of the molecule is CCCCNC(=O)CN1CN(c2ccccc2)C2(CCN(C(=O)c3ccccc3Cl)CC2)C1=O. The molecule has 0 atom stereocenters. The predicted molar refractivity (Wildman–Crippen MR) is 133 cm³/mol. The van der Waals surface area contributed by atoms with Crippen molar-refractivity contribution in [2.24, 2.45) is 0 Å². The molecule has 0 bridgehead atoms. The molecule has 2 aromatic rings. The number of piperidine rings is 1. The summed E-state index contributed by atoms with van der Waals surface area (Å²) in [5.41, 5.74) is 0.640. The van der Waals surface area contributed by atoms with Crippen LogP contribution in [0.3, 0.4) is 0 Å². The van der Waals surface area contributed by atoms with E-state index in [4.69, 9.17) is 11.6 Å². The topological polar surface area (TPSA) is 73.0 Å². The minimum atomic E-state index is -0.775. The maximum absolute atomic E-state index is 13.7. The summed E-state index contributed by atoms with van der Waals surface area (Å²) in [5, 5.41) is 3.33. The van der Waals surface area contributed by atoms with E-state index < -0.39 is 5.54 Å². The minimum absolute atomic E-state index is 0.0376. The molecule has 2 heterocycles. The zero-order chi connectivity index (χ0) is 24.1. The Hall–Kier alpha value is -3.06. The molecule has 1 spiro atoms. The summed E-state index contributed by atoms with van der Waals surface area (Å²) in [6.45, 7) is 3.95. The maximum Gasteiger partial charge on any atom is 0.255 e. The van der Waals surface area contributed by atoms with Gasteiger partial charge in [0, 0.05) is 25.3 Å². The molecule has 34 heavy (non-hydrogen) atoms. The van der Waals surface area contributed by atoms with Gasteiger partial charge in [-0.15, -0.1) is 0 Å². The first-order valence-electron chi connectivity index (χ1n) is 11.9. The van der Waals surface area contributed by atoms with Crippen molar-refractivity contribution >= 4 is 35.0 Å². The maximum atomic E-state index is 13.7. The third kappa shape index (κ3) is 4.75. The molecule has 0 saturated carbocycles. The Bertz CT molecular complexity index is 1040. The van der Waals surface area contributed by atoms with Gasteiger partial charge >= 0.3 is 0 Å². The highest BCUT2D eigenvalue weighted by Gasteiger charge is 2.54. The highest BCUT2D eigenvalue weighted by Crippen LogP contribution is 2.39.